The van der Waals surface area contributed by atoms with E-state index in [0.29, 0.717) is 18.4 Å². The summed E-state index contributed by atoms with van der Waals surface area (Å²) in [7, 11) is 0. The van der Waals surface area contributed by atoms with Crippen LogP contribution >= 0.6 is 0 Å². The molecule has 4 nitrogen and oxygen atoms in total. The van der Waals surface area contributed by atoms with Crippen molar-refractivity contribution >= 4 is 5.91 Å². The first-order chi connectivity index (χ1) is 9.09. The summed E-state index contributed by atoms with van der Waals surface area (Å²) in [4.78, 5) is 11.9. The lowest BCUT2D eigenvalue weighted by molar-refractivity contribution is 0.0932. The molecule has 0 aromatic heterocycles. The molecule has 3 N–H and O–H groups in total. The Kier molecular flexibility index (Phi) is 4.37. The second kappa shape index (κ2) is 6.02. The lowest BCUT2D eigenvalue weighted by atomic mass is 9.88. The Hall–Kier alpha value is -1.62. The number of nitrogens with one attached hydrogen (secondary N) is 2. The smallest absolute Gasteiger partial charge is 0.258 e. The van der Waals surface area contributed by atoms with Gasteiger partial charge in [0, 0.05) is 6.54 Å². The number of carbonyl (C=O) groups excluding carboxylic acids is 1. The summed E-state index contributed by atoms with van der Waals surface area (Å²) in [5, 5.41) is 15.5. The molecule has 2 unspecified atom stereocenters. The maximum Gasteiger partial charge on any atom is 0.258 e. The lowest BCUT2D eigenvalue weighted by Crippen LogP contribution is -2.42. The molecule has 1 aliphatic rings. The number of amides is 1. The zero-order chi connectivity index (χ0) is 13.8. The van der Waals surface area contributed by atoms with Gasteiger partial charge < -0.3 is 15.7 Å². The molecule has 104 valence electrons. The van der Waals surface area contributed by atoms with Crippen LogP contribution in [0.5, 0.6) is 5.75 Å². The number of piperidine rings is 1. The number of phenolic OH excluding ortho intramolecular Hbond substituents is 1. The molecule has 1 heterocycles. The molecule has 1 amide bonds. The van der Waals surface area contributed by atoms with E-state index in [1.165, 1.54) is 18.2 Å². The minimum atomic E-state index is -0.702. The molecule has 1 saturated heterocycles. The second-order valence-electron chi connectivity index (χ2n) is 5.07. The molecule has 1 aromatic rings. The highest BCUT2D eigenvalue weighted by atomic mass is 19.1. The van der Waals surface area contributed by atoms with Gasteiger partial charge in [0.1, 0.15) is 17.1 Å². The van der Waals surface area contributed by atoms with Gasteiger partial charge in [0.15, 0.2) is 0 Å². The van der Waals surface area contributed by atoms with Crippen LogP contribution in [0.3, 0.4) is 0 Å². The van der Waals surface area contributed by atoms with Crippen LogP contribution in [0.1, 0.15) is 23.7 Å². The number of benzene rings is 1. The van der Waals surface area contributed by atoms with E-state index in [-0.39, 0.29) is 11.3 Å². The number of hydrogen-bond donors (Lipinski definition) is 3. The summed E-state index contributed by atoms with van der Waals surface area (Å²) in [6, 6.07) is 3.84. The van der Waals surface area contributed by atoms with Crippen molar-refractivity contribution in [3.63, 3.8) is 0 Å². The van der Waals surface area contributed by atoms with E-state index in [1.54, 1.807) is 0 Å². The molecule has 1 fully saturated rings. The molecule has 0 aliphatic carbocycles. The summed E-state index contributed by atoms with van der Waals surface area (Å²) in [5.74, 6) is -0.726. The summed E-state index contributed by atoms with van der Waals surface area (Å²) in [6.45, 7) is 4.49. The zero-order valence-corrected chi connectivity index (χ0v) is 10.9. The van der Waals surface area contributed by atoms with Crippen molar-refractivity contribution in [2.75, 3.05) is 19.6 Å². The third-order valence-corrected chi connectivity index (χ3v) is 3.73. The minimum Gasteiger partial charge on any atom is -0.507 e. The van der Waals surface area contributed by atoms with Gasteiger partial charge in [-0.25, -0.2) is 4.39 Å². The first kappa shape index (κ1) is 13.8. The number of hydrogen-bond acceptors (Lipinski definition) is 3. The molecular formula is C14H19FN2O2. The molecule has 19 heavy (non-hydrogen) atoms. The van der Waals surface area contributed by atoms with Crippen molar-refractivity contribution in [3.05, 3.63) is 29.6 Å². The van der Waals surface area contributed by atoms with Crippen molar-refractivity contribution in [2.45, 2.75) is 13.3 Å². The molecule has 0 radical (unpaired) electrons. The minimum absolute atomic E-state index is 0.279. The SMILES string of the molecule is CC1CCNCC1CNC(=O)c1c(O)cccc1F. The number of rotatable bonds is 3. The van der Waals surface area contributed by atoms with Crippen molar-refractivity contribution < 1.29 is 14.3 Å². The standard InChI is InChI=1S/C14H19FN2O2/c1-9-5-6-16-7-10(9)8-17-14(19)13-11(15)3-2-4-12(13)18/h2-4,9-10,16,18H,5-8H2,1H3,(H,17,19). The highest BCUT2D eigenvalue weighted by Gasteiger charge is 2.23. The van der Waals surface area contributed by atoms with Gasteiger partial charge in [0.05, 0.1) is 0 Å². The van der Waals surface area contributed by atoms with Gasteiger partial charge in [-0.1, -0.05) is 13.0 Å². The van der Waals surface area contributed by atoms with E-state index in [1.807, 2.05) is 0 Å². The largest absolute Gasteiger partial charge is 0.507 e. The van der Waals surface area contributed by atoms with Gasteiger partial charge >= 0.3 is 0 Å². The van der Waals surface area contributed by atoms with Crippen LogP contribution in [0.25, 0.3) is 0 Å². The van der Waals surface area contributed by atoms with Gasteiger partial charge in [0.25, 0.3) is 5.91 Å². The predicted molar refractivity (Wildman–Crippen MR) is 70.5 cm³/mol. The predicted octanol–water partition coefficient (Wildman–Crippen LogP) is 1.51. The van der Waals surface area contributed by atoms with Crippen LogP contribution < -0.4 is 10.6 Å². The topological polar surface area (TPSA) is 61.4 Å². The molecule has 0 saturated carbocycles. The Morgan fingerprint density at radius 3 is 3.05 bits per heavy atom. The van der Waals surface area contributed by atoms with Crippen LogP contribution in [0.15, 0.2) is 18.2 Å². The van der Waals surface area contributed by atoms with Gasteiger partial charge in [-0.05, 0) is 43.5 Å². The number of halogens is 1. The first-order valence-electron chi connectivity index (χ1n) is 6.56. The van der Waals surface area contributed by atoms with E-state index in [9.17, 15) is 14.3 Å². The molecule has 2 rings (SSSR count). The van der Waals surface area contributed by atoms with Gasteiger partial charge in [-0.2, -0.15) is 0 Å². The van der Waals surface area contributed by atoms with Crippen molar-refractivity contribution in [1.29, 1.82) is 0 Å². The zero-order valence-electron chi connectivity index (χ0n) is 10.9. The second-order valence-corrected chi connectivity index (χ2v) is 5.07. The Morgan fingerprint density at radius 2 is 2.37 bits per heavy atom. The first-order valence-corrected chi connectivity index (χ1v) is 6.56. The summed E-state index contributed by atoms with van der Waals surface area (Å²) in [6.07, 6.45) is 1.07. The molecule has 1 aliphatic heterocycles. The molecule has 0 bridgehead atoms. The van der Waals surface area contributed by atoms with E-state index >= 15 is 0 Å². The Morgan fingerprint density at radius 1 is 1.58 bits per heavy atom. The fraction of sp³-hybridized carbons (Fsp3) is 0.500. The molecule has 2 atom stereocenters. The summed E-state index contributed by atoms with van der Waals surface area (Å²) < 4.78 is 13.5. The molecular weight excluding hydrogens is 247 g/mol. The molecule has 0 spiro atoms. The van der Waals surface area contributed by atoms with E-state index in [0.717, 1.165) is 19.5 Å². The Bertz CT molecular complexity index is 445. The van der Waals surface area contributed by atoms with Crippen molar-refractivity contribution in [3.8, 4) is 5.75 Å². The van der Waals surface area contributed by atoms with E-state index < -0.39 is 11.7 Å². The van der Waals surface area contributed by atoms with Crippen molar-refractivity contribution in [1.82, 2.24) is 10.6 Å². The maximum atomic E-state index is 13.5. The summed E-state index contributed by atoms with van der Waals surface area (Å²) in [5.41, 5.74) is -0.279. The van der Waals surface area contributed by atoms with Gasteiger partial charge in [-0.15, -0.1) is 0 Å². The van der Waals surface area contributed by atoms with Crippen LogP contribution in [0.2, 0.25) is 0 Å². The Balaban J connectivity index is 1.97. The fourth-order valence-corrected chi connectivity index (χ4v) is 2.38. The van der Waals surface area contributed by atoms with Crippen LogP contribution in [-0.2, 0) is 0 Å². The fourth-order valence-electron chi connectivity index (χ4n) is 2.38. The number of phenols is 1. The summed E-state index contributed by atoms with van der Waals surface area (Å²) >= 11 is 0. The lowest BCUT2D eigenvalue weighted by Gasteiger charge is -2.29. The quantitative estimate of drug-likeness (QED) is 0.777. The van der Waals surface area contributed by atoms with Crippen LogP contribution in [-0.4, -0.2) is 30.6 Å². The maximum absolute atomic E-state index is 13.5. The Labute approximate surface area is 112 Å². The van der Waals surface area contributed by atoms with Crippen LogP contribution in [0.4, 0.5) is 4.39 Å². The van der Waals surface area contributed by atoms with Crippen LogP contribution in [0, 0.1) is 17.7 Å². The highest BCUT2D eigenvalue weighted by molar-refractivity contribution is 5.97. The number of aromatic hydroxyl groups is 1. The monoisotopic (exact) mass is 266 g/mol. The molecule has 1 aromatic carbocycles. The average Bonchev–Trinajstić information content (AvgIpc) is 2.37. The molecule has 5 heteroatoms. The average molecular weight is 266 g/mol. The highest BCUT2D eigenvalue weighted by Crippen LogP contribution is 2.21. The third-order valence-electron chi connectivity index (χ3n) is 3.73. The van der Waals surface area contributed by atoms with E-state index in [4.69, 9.17) is 0 Å². The third kappa shape index (κ3) is 3.23. The van der Waals surface area contributed by atoms with Gasteiger partial charge in [-0.3, -0.25) is 4.79 Å². The number of carbonyl (C=O) groups is 1. The van der Waals surface area contributed by atoms with Gasteiger partial charge in [0.2, 0.25) is 0 Å². The van der Waals surface area contributed by atoms with E-state index in [2.05, 4.69) is 17.6 Å². The normalized spacial score (nSPS) is 23.1. The van der Waals surface area contributed by atoms with Crippen molar-refractivity contribution in [2.24, 2.45) is 11.8 Å².